The number of hydrogen-bond acceptors (Lipinski definition) is 1. The lowest BCUT2D eigenvalue weighted by Crippen LogP contribution is -2.02. The van der Waals surface area contributed by atoms with Gasteiger partial charge in [-0.25, -0.2) is 0 Å². The molecule has 0 fully saturated rings. The van der Waals surface area contributed by atoms with Gasteiger partial charge in [-0.15, -0.1) is 0 Å². The lowest BCUT2D eigenvalue weighted by molar-refractivity contribution is 0.818. The fourth-order valence-electron chi connectivity index (χ4n) is 1.93. The topological polar surface area (TPSA) is 23.8 Å². The number of halogens is 1. The zero-order chi connectivity index (χ0) is 9.97. The Morgan fingerprint density at radius 1 is 1.36 bits per heavy atom. The van der Waals surface area contributed by atoms with E-state index in [0.29, 0.717) is 0 Å². The zero-order valence-corrected chi connectivity index (χ0v) is 9.34. The molecule has 0 saturated heterocycles. The van der Waals surface area contributed by atoms with Crippen LogP contribution in [-0.2, 0) is 6.42 Å². The molecule has 1 aliphatic carbocycles. The normalized spacial score (nSPS) is 17.6. The lowest BCUT2D eigenvalue weighted by atomic mass is 9.87. The monoisotopic (exact) mass is 247 g/mol. The number of rotatable bonds is 0. The van der Waals surface area contributed by atoms with Gasteiger partial charge < -0.3 is 0 Å². The third-order valence-corrected chi connectivity index (χ3v) is 3.32. The van der Waals surface area contributed by atoms with Gasteiger partial charge in [0.05, 0.1) is 6.07 Å². The van der Waals surface area contributed by atoms with Crippen molar-refractivity contribution in [3.8, 4) is 6.07 Å². The van der Waals surface area contributed by atoms with E-state index in [9.17, 15) is 0 Å². The number of allylic oxidation sites excluding steroid dienone is 2. The zero-order valence-electron chi connectivity index (χ0n) is 7.76. The average molecular weight is 248 g/mol. The van der Waals surface area contributed by atoms with Crippen molar-refractivity contribution in [2.24, 2.45) is 0 Å². The predicted molar refractivity (Wildman–Crippen MR) is 60.7 cm³/mol. The number of hydrogen-bond donors (Lipinski definition) is 0. The molecule has 70 valence electrons. The molecule has 1 aromatic rings. The SMILES string of the molecule is N#C/C=C1\CCCc2c(Br)cccc21. The second-order valence-corrected chi connectivity index (χ2v) is 4.27. The highest BCUT2D eigenvalue weighted by atomic mass is 79.9. The molecule has 0 bridgehead atoms. The molecule has 0 unspecified atom stereocenters. The first-order valence-corrected chi connectivity index (χ1v) is 5.48. The van der Waals surface area contributed by atoms with Gasteiger partial charge in [0.1, 0.15) is 0 Å². The fraction of sp³-hybridized carbons (Fsp3) is 0.250. The molecule has 1 nitrogen and oxygen atoms in total. The highest BCUT2D eigenvalue weighted by molar-refractivity contribution is 9.10. The summed E-state index contributed by atoms with van der Waals surface area (Å²) in [5, 5.41) is 8.68. The van der Waals surface area contributed by atoms with Crippen molar-refractivity contribution >= 4 is 21.5 Å². The van der Waals surface area contributed by atoms with E-state index in [1.807, 2.05) is 6.07 Å². The van der Waals surface area contributed by atoms with Gasteiger partial charge >= 0.3 is 0 Å². The minimum absolute atomic E-state index is 1.02. The average Bonchev–Trinajstić information content (AvgIpc) is 2.20. The van der Waals surface area contributed by atoms with Gasteiger partial charge in [-0.2, -0.15) is 5.26 Å². The summed E-state index contributed by atoms with van der Waals surface area (Å²) in [5.74, 6) is 0. The van der Waals surface area contributed by atoms with Gasteiger partial charge in [-0.1, -0.05) is 28.1 Å². The smallest absolute Gasteiger partial charge is 0.0915 e. The first-order valence-electron chi connectivity index (χ1n) is 4.69. The van der Waals surface area contributed by atoms with E-state index in [0.717, 1.165) is 19.3 Å². The minimum Gasteiger partial charge on any atom is -0.193 e. The molecule has 0 amide bonds. The summed E-state index contributed by atoms with van der Waals surface area (Å²) in [7, 11) is 0. The van der Waals surface area contributed by atoms with E-state index in [2.05, 4.69) is 34.1 Å². The van der Waals surface area contributed by atoms with Crippen molar-refractivity contribution < 1.29 is 0 Å². The Hall–Kier alpha value is -1.07. The van der Waals surface area contributed by atoms with E-state index >= 15 is 0 Å². The molecular formula is C12H10BrN. The summed E-state index contributed by atoms with van der Waals surface area (Å²) in [6, 6.07) is 8.31. The number of benzene rings is 1. The van der Waals surface area contributed by atoms with Crippen molar-refractivity contribution in [2.75, 3.05) is 0 Å². The molecule has 14 heavy (non-hydrogen) atoms. The van der Waals surface area contributed by atoms with Crippen LogP contribution < -0.4 is 0 Å². The van der Waals surface area contributed by atoms with Gasteiger partial charge in [-0.3, -0.25) is 0 Å². The van der Waals surface area contributed by atoms with E-state index in [-0.39, 0.29) is 0 Å². The van der Waals surface area contributed by atoms with Crippen LogP contribution in [0.5, 0.6) is 0 Å². The summed E-state index contributed by atoms with van der Waals surface area (Å²) in [6.45, 7) is 0. The summed E-state index contributed by atoms with van der Waals surface area (Å²) in [6.07, 6.45) is 4.95. The predicted octanol–water partition coefficient (Wildman–Crippen LogP) is 3.69. The minimum atomic E-state index is 1.02. The molecule has 2 heteroatoms. The maximum Gasteiger partial charge on any atom is 0.0915 e. The van der Waals surface area contributed by atoms with Crippen LogP contribution in [0.15, 0.2) is 28.7 Å². The van der Waals surface area contributed by atoms with E-state index < -0.39 is 0 Å². The van der Waals surface area contributed by atoms with E-state index in [4.69, 9.17) is 5.26 Å². The Balaban J connectivity index is 2.57. The van der Waals surface area contributed by atoms with Gasteiger partial charge in [0.25, 0.3) is 0 Å². The third kappa shape index (κ3) is 1.60. The molecule has 0 aliphatic heterocycles. The molecule has 1 aromatic carbocycles. The maximum atomic E-state index is 8.68. The van der Waals surface area contributed by atoms with Crippen LogP contribution in [-0.4, -0.2) is 0 Å². The van der Waals surface area contributed by atoms with Gasteiger partial charge in [0.2, 0.25) is 0 Å². The van der Waals surface area contributed by atoms with Crippen molar-refractivity contribution in [2.45, 2.75) is 19.3 Å². The molecular weight excluding hydrogens is 238 g/mol. The summed E-state index contributed by atoms with van der Waals surface area (Å²) in [5.41, 5.74) is 3.77. The second-order valence-electron chi connectivity index (χ2n) is 3.42. The van der Waals surface area contributed by atoms with Gasteiger partial charge in [0.15, 0.2) is 0 Å². The summed E-state index contributed by atoms with van der Waals surface area (Å²) < 4.78 is 1.17. The highest BCUT2D eigenvalue weighted by Gasteiger charge is 2.15. The molecule has 0 aromatic heterocycles. The molecule has 0 N–H and O–H groups in total. The van der Waals surface area contributed by atoms with Crippen molar-refractivity contribution in [3.05, 3.63) is 39.9 Å². The summed E-state index contributed by atoms with van der Waals surface area (Å²) >= 11 is 3.55. The molecule has 0 spiro atoms. The fourth-order valence-corrected chi connectivity index (χ4v) is 2.50. The Labute approximate surface area is 92.2 Å². The Kier molecular flexibility index (Phi) is 2.69. The van der Waals surface area contributed by atoms with Crippen LogP contribution in [0.4, 0.5) is 0 Å². The first-order chi connectivity index (χ1) is 6.83. The standard InChI is InChI=1S/C12H10BrN/c13-12-6-2-4-10-9(7-8-14)3-1-5-11(10)12/h2,4,6-7H,1,3,5H2/b9-7+. The van der Waals surface area contributed by atoms with Crippen LogP contribution in [0.25, 0.3) is 5.57 Å². The number of nitriles is 1. The maximum absolute atomic E-state index is 8.68. The van der Waals surface area contributed by atoms with Gasteiger partial charge in [-0.05, 0) is 42.0 Å². The largest absolute Gasteiger partial charge is 0.193 e. The Bertz CT molecular complexity index is 426. The van der Waals surface area contributed by atoms with Crippen LogP contribution in [0, 0.1) is 11.3 Å². The van der Waals surface area contributed by atoms with Crippen molar-refractivity contribution in [1.82, 2.24) is 0 Å². The third-order valence-electron chi connectivity index (χ3n) is 2.58. The number of fused-ring (bicyclic) bond motifs is 1. The molecule has 2 rings (SSSR count). The molecule has 0 radical (unpaired) electrons. The Morgan fingerprint density at radius 2 is 2.21 bits per heavy atom. The number of nitrogens with zero attached hydrogens (tertiary/aromatic N) is 1. The van der Waals surface area contributed by atoms with E-state index in [1.54, 1.807) is 6.08 Å². The van der Waals surface area contributed by atoms with Crippen molar-refractivity contribution in [3.63, 3.8) is 0 Å². The second kappa shape index (κ2) is 3.98. The lowest BCUT2D eigenvalue weighted by Gasteiger charge is -2.19. The van der Waals surface area contributed by atoms with Gasteiger partial charge in [0, 0.05) is 10.5 Å². The van der Waals surface area contributed by atoms with Crippen LogP contribution in [0.2, 0.25) is 0 Å². The molecule has 0 saturated carbocycles. The summed E-state index contributed by atoms with van der Waals surface area (Å²) in [4.78, 5) is 0. The molecule has 0 heterocycles. The molecule has 1 aliphatic rings. The van der Waals surface area contributed by atoms with Crippen LogP contribution >= 0.6 is 15.9 Å². The van der Waals surface area contributed by atoms with E-state index in [1.165, 1.54) is 21.2 Å². The van der Waals surface area contributed by atoms with Crippen LogP contribution in [0.1, 0.15) is 24.0 Å². The first kappa shape index (κ1) is 9.48. The highest BCUT2D eigenvalue weighted by Crippen LogP contribution is 2.34. The quantitative estimate of drug-likeness (QED) is 0.642. The Morgan fingerprint density at radius 3 is 3.00 bits per heavy atom. The molecule has 0 atom stereocenters. The van der Waals surface area contributed by atoms with Crippen molar-refractivity contribution in [1.29, 1.82) is 5.26 Å². The van der Waals surface area contributed by atoms with Crippen LogP contribution in [0.3, 0.4) is 0 Å².